The maximum atomic E-state index is 6.04. The van der Waals surface area contributed by atoms with Crippen LogP contribution in [0.1, 0.15) is 38.5 Å². The summed E-state index contributed by atoms with van der Waals surface area (Å²) in [4.78, 5) is 4.51. The fraction of sp³-hybridized carbons (Fsp3) is 0.471. The highest BCUT2D eigenvalue weighted by Crippen LogP contribution is 2.30. The van der Waals surface area contributed by atoms with Crippen molar-refractivity contribution in [2.75, 3.05) is 17.6 Å². The first-order valence-corrected chi connectivity index (χ1v) is 8.61. The monoisotopic (exact) mass is 347 g/mol. The highest BCUT2D eigenvalue weighted by molar-refractivity contribution is 9.10. The fourth-order valence-electron chi connectivity index (χ4n) is 3.27. The highest BCUT2D eigenvalue weighted by Gasteiger charge is 2.14. The van der Waals surface area contributed by atoms with Gasteiger partial charge in [-0.25, -0.2) is 0 Å². The Balaban J connectivity index is 1.65. The summed E-state index contributed by atoms with van der Waals surface area (Å²) in [5.74, 6) is 0.962. The number of anilines is 2. The fourth-order valence-corrected chi connectivity index (χ4v) is 3.60. The van der Waals surface area contributed by atoms with Gasteiger partial charge in [0, 0.05) is 28.3 Å². The van der Waals surface area contributed by atoms with Gasteiger partial charge in [0.25, 0.3) is 0 Å². The Morgan fingerprint density at radius 3 is 2.90 bits per heavy atom. The Hall–Kier alpha value is -1.29. The molecular formula is C17H22BrN3. The van der Waals surface area contributed by atoms with Gasteiger partial charge < -0.3 is 11.1 Å². The summed E-state index contributed by atoms with van der Waals surface area (Å²) in [6.07, 6.45) is 10.1. The third kappa shape index (κ3) is 3.49. The zero-order valence-corrected chi connectivity index (χ0v) is 13.8. The number of fused-ring (bicyclic) bond motifs is 1. The van der Waals surface area contributed by atoms with Crippen molar-refractivity contribution < 1.29 is 0 Å². The molecule has 1 aromatic heterocycles. The van der Waals surface area contributed by atoms with Crippen LogP contribution < -0.4 is 11.1 Å². The molecule has 0 radical (unpaired) electrons. The number of hydrogen-bond donors (Lipinski definition) is 2. The van der Waals surface area contributed by atoms with Crippen LogP contribution in [0.3, 0.4) is 0 Å². The Kier molecular flexibility index (Phi) is 4.63. The molecule has 0 aliphatic heterocycles. The minimum atomic E-state index is 0.773. The number of pyridine rings is 1. The summed E-state index contributed by atoms with van der Waals surface area (Å²) in [5.41, 5.74) is 8.86. The van der Waals surface area contributed by atoms with E-state index in [1.165, 1.54) is 38.5 Å². The molecular weight excluding hydrogens is 326 g/mol. The van der Waals surface area contributed by atoms with E-state index in [0.29, 0.717) is 0 Å². The van der Waals surface area contributed by atoms with Gasteiger partial charge in [0.05, 0.1) is 11.2 Å². The lowest BCUT2D eigenvalue weighted by Gasteiger charge is -2.12. The van der Waals surface area contributed by atoms with Crippen LogP contribution in [-0.2, 0) is 0 Å². The van der Waals surface area contributed by atoms with Crippen molar-refractivity contribution in [2.24, 2.45) is 5.92 Å². The molecule has 21 heavy (non-hydrogen) atoms. The first kappa shape index (κ1) is 14.6. The van der Waals surface area contributed by atoms with Gasteiger partial charge in [0.2, 0.25) is 0 Å². The molecule has 3 rings (SSSR count). The van der Waals surface area contributed by atoms with Gasteiger partial charge in [-0.2, -0.15) is 0 Å². The van der Waals surface area contributed by atoms with Crippen LogP contribution in [0.4, 0.5) is 11.4 Å². The number of hydrogen-bond acceptors (Lipinski definition) is 3. The maximum Gasteiger partial charge on any atom is 0.0954 e. The zero-order chi connectivity index (χ0) is 14.7. The van der Waals surface area contributed by atoms with E-state index in [-0.39, 0.29) is 0 Å². The summed E-state index contributed by atoms with van der Waals surface area (Å²) >= 11 is 3.45. The average Bonchev–Trinajstić information content (AvgIpc) is 2.99. The van der Waals surface area contributed by atoms with Crippen LogP contribution in [-0.4, -0.2) is 11.5 Å². The smallest absolute Gasteiger partial charge is 0.0954 e. The Morgan fingerprint density at radius 2 is 2.10 bits per heavy atom. The van der Waals surface area contributed by atoms with Crippen molar-refractivity contribution in [2.45, 2.75) is 38.5 Å². The molecule has 1 aromatic carbocycles. The molecule has 3 N–H and O–H groups in total. The SMILES string of the molecule is Nc1ccc(NCCCC2CCCC2)c2ncc(Br)cc12. The molecule has 4 heteroatoms. The standard InChI is InChI=1S/C17H22BrN3/c18-13-10-14-15(19)7-8-16(17(14)21-11-13)20-9-3-6-12-4-1-2-5-12/h7-8,10-12,20H,1-6,9,19H2. The molecule has 1 aliphatic carbocycles. The molecule has 1 fully saturated rings. The number of nitrogens with one attached hydrogen (secondary N) is 1. The van der Waals surface area contributed by atoms with E-state index in [9.17, 15) is 0 Å². The topological polar surface area (TPSA) is 50.9 Å². The molecule has 0 bridgehead atoms. The van der Waals surface area contributed by atoms with E-state index in [4.69, 9.17) is 5.73 Å². The van der Waals surface area contributed by atoms with Crippen molar-refractivity contribution >= 4 is 38.2 Å². The number of rotatable bonds is 5. The van der Waals surface area contributed by atoms with E-state index >= 15 is 0 Å². The number of nitrogens with two attached hydrogens (primary N) is 1. The number of nitrogens with zero attached hydrogens (tertiary/aromatic N) is 1. The van der Waals surface area contributed by atoms with Gasteiger partial charge in [-0.3, -0.25) is 4.98 Å². The van der Waals surface area contributed by atoms with Crippen molar-refractivity contribution in [1.82, 2.24) is 4.98 Å². The predicted octanol–water partition coefficient (Wildman–Crippen LogP) is 4.96. The molecule has 3 nitrogen and oxygen atoms in total. The van der Waals surface area contributed by atoms with E-state index in [2.05, 4.69) is 26.2 Å². The lowest BCUT2D eigenvalue weighted by atomic mass is 10.0. The van der Waals surface area contributed by atoms with Crippen molar-refractivity contribution in [3.05, 3.63) is 28.9 Å². The van der Waals surface area contributed by atoms with Crippen LogP contribution in [0.15, 0.2) is 28.9 Å². The van der Waals surface area contributed by atoms with Crippen LogP contribution >= 0.6 is 15.9 Å². The summed E-state index contributed by atoms with van der Waals surface area (Å²) in [6, 6.07) is 6.02. The molecule has 1 heterocycles. The normalized spacial score (nSPS) is 15.7. The van der Waals surface area contributed by atoms with Gasteiger partial charge in [-0.05, 0) is 52.9 Å². The first-order chi connectivity index (χ1) is 10.2. The molecule has 1 saturated carbocycles. The summed E-state index contributed by atoms with van der Waals surface area (Å²) in [6.45, 7) is 1.01. The van der Waals surface area contributed by atoms with Crippen molar-refractivity contribution in [3.8, 4) is 0 Å². The van der Waals surface area contributed by atoms with Crippen LogP contribution in [0.5, 0.6) is 0 Å². The number of aromatic nitrogens is 1. The lowest BCUT2D eigenvalue weighted by molar-refractivity contribution is 0.491. The summed E-state index contributed by atoms with van der Waals surface area (Å²) in [7, 11) is 0. The van der Waals surface area contributed by atoms with Crippen molar-refractivity contribution in [1.29, 1.82) is 0 Å². The third-order valence-corrected chi connectivity index (χ3v) is 4.86. The molecule has 0 unspecified atom stereocenters. The largest absolute Gasteiger partial charge is 0.398 e. The molecule has 0 atom stereocenters. The Morgan fingerprint density at radius 1 is 1.29 bits per heavy atom. The number of halogens is 1. The lowest BCUT2D eigenvalue weighted by Crippen LogP contribution is -2.05. The van der Waals surface area contributed by atoms with E-state index in [1.807, 2.05) is 24.4 Å². The second-order valence-electron chi connectivity index (χ2n) is 5.97. The van der Waals surface area contributed by atoms with Gasteiger partial charge in [0.1, 0.15) is 0 Å². The molecule has 1 aliphatic rings. The molecule has 0 saturated heterocycles. The molecule has 112 valence electrons. The highest BCUT2D eigenvalue weighted by atomic mass is 79.9. The Bertz CT molecular complexity index is 621. The first-order valence-electron chi connectivity index (χ1n) is 7.81. The van der Waals surface area contributed by atoms with Gasteiger partial charge in [-0.1, -0.05) is 25.7 Å². The summed E-state index contributed by atoms with van der Waals surface area (Å²) < 4.78 is 0.958. The quantitative estimate of drug-likeness (QED) is 0.593. The minimum Gasteiger partial charge on any atom is -0.398 e. The molecule has 0 spiro atoms. The second kappa shape index (κ2) is 6.65. The zero-order valence-electron chi connectivity index (χ0n) is 12.2. The van der Waals surface area contributed by atoms with E-state index in [0.717, 1.165) is 39.2 Å². The van der Waals surface area contributed by atoms with Crippen LogP contribution in [0.2, 0.25) is 0 Å². The molecule has 0 amide bonds. The number of nitrogen functional groups attached to an aromatic ring is 1. The Labute approximate surface area is 134 Å². The van der Waals surface area contributed by atoms with E-state index < -0.39 is 0 Å². The van der Waals surface area contributed by atoms with E-state index in [1.54, 1.807) is 0 Å². The van der Waals surface area contributed by atoms with Crippen molar-refractivity contribution in [3.63, 3.8) is 0 Å². The third-order valence-electron chi connectivity index (χ3n) is 4.43. The molecule has 2 aromatic rings. The van der Waals surface area contributed by atoms with Crippen LogP contribution in [0, 0.1) is 5.92 Å². The predicted molar refractivity (Wildman–Crippen MR) is 93.5 cm³/mol. The van der Waals surface area contributed by atoms with Gasteiger partial charge >= 0.3 is 0 Å². The van der Waals surface area contributed by atoms with Gasteiger partial charge in [-0.15, -0.1) is 0 Å². The van der Waals surface area contributed by atoms with Crippen LogP contribution in [0.25, 0.3) is 10.9 Å². The van der Waals surface area contributed by atoms with Gasteiger partial charge in [0.15, 0.2) is 0 Å². The average molecular weight is 348 g/mol. The summed E-state index contributed by atoms with van der Waals surface area (Å²) in [5, 5.41) is 4.53. The maximum absolute atomic E-state index is 6.04. The minimum absolute atomic E-state index is 0.773. The second-order valence-corrected chi connectivity index (χ2v) is 6.89. The number of benzene rings is 1.